The third kappa shape index (κ3) is 3.91. The Morgan fingerprint density at radius 3 is 2.50 bits per heavy atom. The van der Waals surface area contributed by atoms with Gasteiger partial charge >= 0.3 is 0 Å². The Bertz CT molecular complexity index is 812. The molecule has 4 nitrogen and oxygen atoms in total. The highest BCUT2D eigenvalue weighted by Crippen LogP contribution is 2.23. The molecule has 0 unspecified atom stereocenters. The molecule has 0 fully saturated rings. The number of rotatable bonds is 6. The van der Waals surface area contributed by atoms with Gasteiger partial charge in [-0.05, 0) is 28.5 Å². The van der Waals surface area contributed by atoms with Crippen LogP contribution >= 0.6 is 0 Å². The van der Waals surface area contributed by atoms with E-state index in [4.69, 9.17) is 4.74 Å². The maximum atomic E-state index is 11.9. The van der Waals surface area contributed by atoms with Crippen molar-refractivity contribution in [2.75, 3.05) is 13.2 Å². The van der Waals surface area contributed by atoms with Crippen LogP contribution in [0.3, 0.4) is 0 Å². The molecule has 3 aromatic carbocycles. The standard InChI is InChI=1S/C20H19NO3/c22-19(18-12-6-8-15-7-4-5-11-17(15)18)13-21-20(23)14-24-16-9-2-1-3-10-16/h1-12,19,22H,13-14H2,(H,21,23)/t19-/m1/s1. The molecule has 0 saturated heterocycles. The van der Waals surface area contributed by atoms with E-state index >= 15 is 0 Å². The highest BCUT2D eigenvalue weighted by molar-refractivity contribution is 5.86. The first-order valence-corrected chi connectivity index (χ1v) is 7.84. The second-order valence-corrected chi connectivity index (χ2v) is 5.49. The summed E-state index contributed by atoms with van der Waals surface area (Å²) < 4.78 is 5.38. The van der Waals surface area contributed by atoms with E-state index in [1.807, 2.05) is 60.7 Å². The van der Waals surface area contributed by atoms with E-state index in [-0.39, 0.29) is 19.1 Å². The second-order valence-electron chi connectivity index (χ2n) is 5.49. The van der Waals surface area contributed by atoms with Gasteiger partial charge in [-0.3, -0.25) is 4.79 Å². The number of aliphatic hydroxyl groups is 1. The lowest BCUT2D eigenvalue weighted by Gasteiger charge is -2.15. The molecular formula is C20H19NO3. The van der Waals surface area contributed by atoms with Crippen molar-refractivity contribution >= 4 is 16.7 Å². The van der Waals surface area contributed by atoms with Crippen molar-refractivity contribution in [1.82, 2.24) is 5.32 Å². The zero-order valence-electron chi connectivity index (χ0n) is 13.2. The summed E-state index contributed by atoms with van der Waals surface area (Å²) in [7, 11) is 0. The van der Waals surface area contributed by atoms with E-state index in [9.17, 15) is 9.90 Å². The van der Waals surface area contributed by atoms with Crippen LogP contribution in [0.1, 0.15) is 11.7 Å². The molecule has 3 rings (SSSR count). The number of para-hydroxylation sites is 1. The number of aliphatic hydroxyl groups excluding tert-OH is 1. The molecule has 0 aliphatic heterocycles. The molecule has 0 bridgehead atoms. The number of fused-ring (bicyclic) bond motifs is 1. The molecule has 0 aromatic heterocycles. The molecule has 1 amide bonds. The van der Waals surface area contributed by atoms with Crippen molar-refractivity contribution in [1.29, 1.82) is 0 Å². The normalized spacial score (nSPS) is 11.9. The first kappa shape index (κ1) is 16.0. The van der Waals surface area contributed by atoms with Gasteiger partial charge in [0, 0.05) is 6.54 Å². The Hall–Kier alpha value is -2.85. The summed E-state index contributed by atoms with van der Waals surface area (Å²) in [5.74, 6) is 0.375. The first-order valence-electron chi connectivity index (χ1n) is 7.84. The van der Waals surface area contributed by atoms with E-state index in [1.54, 1.807) is 12.1 Å². The molecule has 0 saturated carbocycles. The van der Waals surface area contributed by atoms with E-state index in [2.05, 4.69) is 5.32 Å². The monoisotopic (exact) mass is 321 g/mol. The van der Waals surface area contributed by atoms with Gasteiger partial charge in [-0.1, -0.05) is 60.7 Å². The SMILES string of the molecule is O=C(COc1ccccc1)NC[C@@H](O)c1cccc2ccccc12. The third-order valence-electron chi connectivity index (χ3n) is 3.79. The predicted molar refractivity (Wildman–Crippen MR) is 93.9 cm³/mol. The molecular weight excluding hydrogens is 302 g/mol. The fraction of sp³-hybridized carbons (Fsp3) is 0.150. The summed E-state index contributed by atoms with van der Waals surface area (Å²) in [6, 6.07) is 22.8. The zero-order valence-corrected chi connectivity index (χ0v) is 13.2. The van der Waals surface area contributed by atoms with Gasteiger partial charge in [0.05, 0.1) is 6.10 Å². The van der Waals surface area contributed by atoms with E-state index in [1.165, 1.54) is 0 Å². The maximum Gasteiger partial charge on any atom is 0.258 e. The van der Waals surface area contributed by atoms with Gasteiger partial charge in [-0.15, -0.1) is 0 Å². The highest BCUT2D eigenvalue weighted by Gasteiger charge is 2.12. The molecule has 0 aliphatic carbocycles. The van der Waals surface area contributed by atoms with Crippen molar-refractivity contribution in [3.8, 4) is 5.75 Å². The van der Waals surface area contributed by atoms with Crippen LogP contribution < -0.4 is 10.1 Å². The summed E-state index contributed by atoms with van der Waals surface area (Å²) in [6.07, 6.45) is -0.767. The van der Waals surface area contributed by atoms with Gasteiger partial charge < -0.3 is 15.2 Å². The summed E-state index contributed by atoms with van der Waals surface area (Å²) in [5, 5.41) is 15.2. The van der Waals surface area contributed by atoms with Crippen LogP contribution in [0.2, 0.25) is 0 Å². The van der Waals surface area contributed by atoms with Crippen molar-refractivity contribution in [3.63, 3.8) is 0 Å². The Labute approximate surface area is 140 Å². The quantitative estimate of drug-likeness (QED) is 0.733. The number of ether oxygens (including phenoxy) is 1. The van der Waals surface area contributed by atoms with Crippen LogP contribution in [0.4, 0.5) is 0 Å². The highest BCUT2D eigenvalue weighted by atomic mass is 16.5. The lowest BCUT2D eigenvalue weighted by Crippen LogP contribution is -2.32. The summed E-state index contributed by atoms with van der Waals surface area (Å²) >= 11 is 0. The van der Waals surface area contributed by atoms with Crippen molar-refractivity contribution in [2.45, 2.75) is 6.10 Å². The molecule has 122 valence electrons. The van der Waals surface area contributed by atoms with Crippen LogP contribution in [0, 0.1) is 0 Å². The van der Waals surface area contributed by atoms with Crippen LogP contribution in [-0.2, 0) is 4.79 Å². The van der Waals surface area contributed by atoms with Crippen molar-refractivity contribution < 1.29 is 14.6 Å². The number of amides is 1. The van der Waals surface area contributed by atoms with Gasteiger partial charge in [0.15, 0.2) is 6.61 Å². The molecule has 0 heterocycles. The van der Waals surface area contributed by atoms with Crippen LogP contribution in [0.15, 0.2) is 72.8 Å². The van der Waals surface area contributed by atoms with E-state index in [0.29, 0.717) is 5.75 Å². The zero-order chi connectivity index (χ0) is 16.8. The number of benzene rings is 3. The summed E-state index contributed by atoms with van der Waals surface area (Å²) in [6.45, 7) is 0.0667. The Balaban J connectivity index is 1.56. The van der Waals surface area contributed by atoms with Crippen LogP contribution in [0.25, 0.3) is 10.8 Å². The van der Waals surface area contributed by atoms with Gasteiger partial charge in [-0.2, -0.15) is 0 Å². The Morgan fingerprint density at radius 2 is 1.67 bits per heavy atom. The second kappa shape index (κ2) is 7.62. The average molecular weight is 321 g/mol. The third-order valence-corrected chi connectivity index (χ3v) is 3.79. The topological polar surface area (TPSA) is 58.6 Å². The molecule has 4 heteroatoms. The Kier molecular flexibility index (Phi) is 5.08. The van der Waals surface area contributed by atoms with Crippen LogP contribution in [-0.4, -0.2) is 24.2 Å². The van der Waals surface area contributed by atoms with Crippen molar-refractivity contribution in [3.05, 3.63) is 78.4 Å². The molecule has 2 N–H and O–H groups in total. The number of nitrogens with one attached hydrogen (secondary N) is 1. The average Bonchev–Trinajstić information content (AvgIpc) is 2.64. The van der Waals surface area contributed by atoms with E-state index in [0.717, 1.165) is 16.3 Å². The van der Waals surface area contributed by atoms with Gasteiger partial charge in [0.2, 0.25) is 0 Å². The fourth-order valence-electron chi connectivity index (χ4n) is 2.58. The molecule has 0 aliphatic rings. The molecule has 1 atom stereocenters. The largest absolute Gasteiger partial charge is 0.484 e. The van der Waals surface area contributed by atoms with Gasteiger partial charge in [0.25, 0.3) is 5.91 Å². The number of carbonyl (C=O) groups excluding carboxylic acids is 1. The minimum Gasteiger partial charge on any atom is -0.484 e. The lowest BCUT2D eigenvalue weighted by atomic mass is 10.0. The predicted octanol–water partition coefficient (Wildman–Crippen LogP) is 3.07. The molecule has 0 spiro atoms. The minimum atomic E-state index is -0.767. The molecule has 24 heavy (non-hydrogen) atoms. The van der Waals surface area contributed by atoms with Crippen molar-refractivity contribution in [2.24, 2.45) is 0 Å². The molecule has 0 radical (unpaired) electrons. The van der Waals surface area contributed by atoms with E-state index < -0.39 is 6.10 Å². The van der Waals surface area contributed by atoms with Gasteiger partial charge in [-0.25, -0.2) is 0 Å². The number of hydrogen-bond acceptors (Lipinski definition) is 3. The lowest BCUT2D eigenvalue weighted by molar-refractivity contribution is -0.123. The Morgan fingerprint density at radius 1 is 0.958 bits per heavy atom. The minimum absolute atomic E-state index is 0.0771. The summed E-state index contributed by atoms with van der Waals surface area (Å²) in [4.78, 5) is 11.9. The number of hydrogen-bond donors (Lipinski definition) is 2. The maximum absolute atomic E-state index is 11.9. The van der Waals surface area contributed by atoms with Gasteiger partial charge in [0.1, 0.15) is 5.75 Å². The summed E-state index contributed by atoms with van der Waals surface area (Å²) in [5.41, 5.74) is 0.803. The van der Waals surface area contributed by atoms with Crippen LogP contribution in [0.5, 0.6) is 5.75 Å². The smallest absolute Gasteiger partial charge is 0.258 e. The first-order chi connectivity index (χ1) is 11.7. The number of carbonyl (C=O) groups is 1. The fourth-order valence-corrected chi connectivity index (χ4v) is 2.58. The molecule has 3 aromatic rings.